The molecule has 29 heavy (non-hydrogen) atoms. The summed E-state index contributed by atoms with van der Waals surface area (Å²) in [6.45, 7) is 1.57. The maximum atomic E-state index is 13.2. The number of nitrogens with zero attached hydrogens (tertiary/aromatic N) is 2. The lowest BCUT2D eigenvalue weighted by Crippen LogP contribution is -2.36. The van der Waals surface area contributed by atoms with Gasteiger partial charge in [-0.25, -0.2) is 8.42 Å². The number of benzene rings is 2. The number of hydrogen-bond acceptors (Lipinski definition) is 3. The number of carbonyl (C=O) groups excluding carboxylic acids is 1. The summed E-state index contributed by atoms with van der Waals surface area (Å²) in [5, 5.41) is 0. The van der Waals surface area contributed by atoms with E-state index in [1.54, 1.807) is 23.1 Å². The van der Waals surface area contributed by atoms with Gasteiger partial charge in [-0.05, 0) is 54.5 Å². The van der Waals surface area contributed by atoms with Gasteiger partial charge < -0.3 is 4.90 Å². The van der Waals surface area contributed by atoms with Crippen LogP contribution in [0.4, 0.5) is 0 Å². The van der Waals surface area contributed by atoms with Gasteiger partial charge in [0.2, 0.25) is 10.0 Å². The van der Waals surface area contributed by atoms with Crippen molar-refractivity contribution in [1.82, 2.24) is 9.21 Å². The van der Waals surface area contributed by atoms with E-state index in [0.29, 0.717) is 31.0 Å². The molecule has 0 atom stereocenters. The molecule has 0 spiro atoms. The maximum absolute atomic E-state index is 13.2. The van der Waals surface area contributed by atoms with E-state index in [9.17, 15) is 13.2 Å². The first-order chi connectivity index (χ1) is 13.9. The molecule has 0 N–H and O–H groups in total. The summed E-state index contributed by atoms with van der Waals surface area (Å²) >= 11 is 0. The summed E-state index contributed by atoms with van der Waals surface area (Å²) in [6, 6.07) is 14.5. The number of fused-ring (bicyclic) bond motifs is 1. The van der Waals surface area contributed by atoms with Crippen molar-refractivity contribution in [3.8, 4) is 0 Å². The Kier molecular flexibility index (Phi) is 5.74. The molecule has 0 saturated heterocycles. The molecule has 0 aromatic heterocycles. The normalized spacial score (nSPS) is 17.8. The second-order valence-corrected chi connectivity index (χ2v) is 10.2. The predicted molar refractivity (Wildman–Crippen MR) is 113 cm³/mol. The molecule has 6 heteroatoms. The van der Waals surface area contributed by atoms with Gasteiger partial charge in [0.05, 0.1) is 4.90 Å². The van der Waals surface area contributed by atoms with Crippen molar-refractivity contribution in [1.29, 1.82) is 0 Å². The van der Waals surface area contributed by atoms with E-state index in [4.69, 9.17) is 0 Å². The Labute approximate surface area is 173 Å². The fourth-order valence-corrected chi connectivity index (χ4v) is 5.96. The summed E-state index contributed by atoms with van der Waals surface area (Å²) < 4.78 is 28.0. The number of carbonyl (C=O) groups is 1. The van der Waals surface area contributed by atoms with E-state index < -0.39 is 10.0 Å². The Hall–Kier alpha value is -2.18. The van der Waals surface area contributed by atoms with Gasteiger partial charge in [-0.2, -0.15) is 4.31 Å². The topological polar surface area (TPSA) is 57.7 Å². The van der Waals surface area contributed by atoms with Gasteiger partial charge in [-0.3, -0.25) is 4.79 Å². The molecule has 1 fully saturated rings. The van der Waals surface area contributed by atoms with Gasteiger partial charge >= 0.3 is 0 Å². The molecule has 1 saturated carbocycles. The summed E-state index contributed by atoms with van der Waals surface area (Å²) in [5.41, 5.74) is 2.69. The Morgan fingerprint density at radius 2 is 1.79 bits per heavy atom. The Bertz CT molecular complexity index is 997. The average Bonchev–Trinajstić information content (AvgIpc) is 3.26. The van der Waals surface area contributed by atoms with Crippen LogP contribution in [0, 0.1) is 5.92 Å². The van der Waals surface area contributed by atoms with Crippen molar-refractivity contribution in [3.05, 3.63) is 65.2 Å². The second kappa shape index (κ2) is 8.28. The highest BCUT2D eigenvalue weighted by atomic mass is 32.2. The molecule has 4 rings (SSSR count). The lowest BCUT2D eigenvalue weighted by atomic mass is 10.0. The van der Waals surface area contributed by atoms with Crippen molar-refractivity contribution >= 4 is 15.9 Å². The number of rotatable bonds is 5. The molecule has 1 amide bonds. The number of sulfonamides is 1. The van der Waals surface area contributed by atoms with Crippen LogP contribution < -0.4 is 0 Å². The van der Waals surface area contributed by atoms with Gasteiger partial charge in [0, 0.05) is 32.2 Å². The molecular formula is C23H28N2O3S. The van der Waals surface area contributed by atoms with Crippen molar-refractivity contribution in [3.63, 3.8) is 0 Å². The fraction of sp³-hybridized carbons (Fsp3) is 0.435. The molecule has 5 nitrogen and oxygen atoms in total. The van der Waals surface area contributed by atoms with E-state index in [1.165, 1.54) is 41.6 Å². The molecule has 1 heterocycles. The quantitative estimate of drug-likeness (QED) is 0.752. The maximum Gasteiger partial charge on any atom is 0.253 e. The lowest BCUT2D eigenvalue weighted by Gasteiger charge is -2.28. The van der Waals surface area contributed by atoms with Crippen molar-refractivity contribution < 1.29 is 13.2 Å². The van der Waals surface area contributed by atoms with Crippen LogP contribution in [-0.2, 0) is 23.0 Å². The van der Waals surface area contributed by atoms with Crippen LogP contribution in [0.1, 0.15) is 47.2 Å². The highest BCUT2D eigenvalue weighted by molar-refractivity contribution is 7.89. The zero-order valence-electron chi connectivity index (χ0n) is 16.9. The fourth-order valence-electron chi connectivity index (χ4n) is 4.50. The molecule has 0 unspecified atom stereocenters. The highest BCUT2D eigenvalue weighted by Gasteiger charge is 2.29. The lowest BCUT2D eigenvalue weighted by molar-refractivity contribution is 0.0773. The number of hydrogen-bond donors (Lipinski definition) is 0. The first-order valence-corrected chi connectivity index (χ1v) is 11.8. The monoisotopic (exact) mass is 412 g/mol. The molecule has 1 aliphatic heterocycles. The zero-order chi connectivity index (χ0) is 20.4. The van der Waals surface area contributed by atoms with Crippen LogP contribution in [0.2, 0.25) is 0 Å². The highest BCUT2D eigenvalue weighted by Crippen LogP contribution is 2.27. The Morgan fingerprint density at radius 1 is 1.07 bits per heavy atom. The first kappa shape index (κ1) is 20.1. The van der Waals surface area contributed by atoms with Crippen LogP contribution >= 0.6 is 0 Å². The first-order valence-electron chi connectivity index (χ1n) is 10.4. The largest absolute Gasteiger partial charge is 0.341 e. The molecule has 0 bridgehead atoms. The SMILES string of the molecule is CN(CC1CCCC1)C(=O)c1cccc(S(=O)(=O)N2CCc3ccccc3C2)c1. The third kappa shape index (κ3) is 4.23. The molecule has 2 aliphatic rings. The van der Waals surface area contributed by atoms with Crippen LogP contribution in [-0.4, -0.2) is 43.7 Å². The Balaban J connectivity index is 1.52. The second-order valence-electron chi connectivity index (χ2n) is 8.22. The van der Waals surface area contributed by atoms with E-state index in [2.05, 4.69) is 6.07 Å². The van der Waals surface area contributed by atoms with Crippen molar-refractivity contribution in [2.45, 2.75) is 43.5 Å². The molecule has 1 aliphatic carbocycles. The van der Waals surface area contributed by atoms with Gasteiger partial charge in [0.25, 0.3) is 5.91 Å². The molecular weight excluding hydrogens is 384 g/mol. The minimum Gasteiger partial charge on any atom is -0.341 e. The van der Waals surface area contributed by atoms with E-state index >= 15 is 0 Å². The van der Waals surface area contributed by atoms with E-state index in [0.717, 1.165) is 12.1 Å². The minimum atomic E-state index is -3.65. The van der Waals surface area contributed by atoms with Gasteiger partial charge in [-0.15, -0.1) is 0 Å². The Morgan fingerprint density at radius 3 is 2.55 bits per heavy atom. The molecule has 2 aromatic rings. The predicted octanol–water partition coefficient (Wildman–Crippen LogP) is 3.70. The molecule has 2 aromatic carbocycles. The average molecular weight is 413 g/mol. The van der Waals surface area contributed by atoms with Gasteiger partial charge in [0.15, 0.2) is 0 Å². The number of amides is 1. The van der Waals surface area contributed by atoms with Crippen molar-refractivity contribution in [2.24, 2.45) is 5.92 Å². The summed E-state index contributed by atoms with van der Waals surface area (Å²) in [6.07, 6.45) is 5.52. The van der Waals surface area contributed by atoms with Gasteiger partial charge in [0.1, 0.15) is 0 Å². The van der Waals surface area contributed by atoms with Crippen LogP contribution in [0.3, 0.4) is 0 Å². The van der Waals surface area contributed by atoms with Crippen LogP contribution in [0.5, 0.6) is 0 Å². The summed E-state index contributed by atoms with van der Waals surface area (Å²) in [7, 11) is -1.84. The standard InChI is InChI=1S/C23H28N2O3S/c1-24(16-18-7-2-3-8-18)23(26)20-11-6-12-22(15-20)29(27,28)25-14-13-19-9-4-5-10-21(19)17-25/h4-6,9-12,15,18H,2-3,7-8,13-14,16-17H2,1H3. The van der Waals surface area contributed by atoms with E-state index in [1.807, 2.05) is 25.2 Å². The van der Waals surface area contributed by atoms with Crippen LogP contribution in [0.15, 0.2) is 53.4 Å². The van der Waals surface area contributed by atoms with Gasteiger partial charge in [-0.1, -0.05) is 43.2 Å². The third-order valence-electron chi connectivity index (χ3n) is 6.17. The van der Waals surface area contributed by atoms with Crippen molar-refractivity contribution in [2.75, 3.05) is 20.1 Å². The summed E-state index contributed by atoms with van der Waals surface area (Å²) in [4.78, 5) is 14.8. The van der Waals surface area contributed by atoms with Crippen LogP contribution in [0.25, 0.3) is 0 Å². The summed E-state index contributed by atoms with van der Waals surface area (Å²) in [5.74, 6) is 0.447. The molecule has 154 valence electrons. The third-order valence-corrected chi connectivity index (χ3v) is 8.01. The zero-order valence-corrected chi connectivity index (χ0v) is 17.7. The molecule has 0 radical (unpaired) electrons. The van der Waals surface area contributed by atoms with E-state index in [-0.39, 0.29) is 10.8 Å². The minimum absolute atomic E-state index is 0.113. The smallest absolute Gasteiger partial charge is 0.253 e.